The van der Waals surface area contributed by atoms with Crippen LogP contribution in [0.4, 0.5) is 0 Å². The van der Waals surface area contributed by atoms with Crippen molar-refractivity contribution in [2.24, 2.45) is 5.92 Å². The first-order valence-electron chi connectivity index (χ1n) is 9.45. The second-order valence-corrected chi connectivity index (χ2v) is 8.90. The van der Waals surface area contributed by atoms with Crippen LogP contribution in [0.25, 0.3) is 21.9 Å². The van der Waals surface area contributed by atoms with Gasteiger partial charge in [-0.25, -0.2) is 0 Å². The molecule has 0 aliphatic carbocycles. The van der Waals surface area contributed by atoms with Crippen molar-refractivity contribution in [2.75, 3.05) is 6.54 Å². The molecule has 1 amide bonds. The number of aromatic nitrogens is 3. The fraction of sp³-hybridized carbons (Fsp3) is 0.286. The van der Waals surface area contributed by atoms with Crippen molar-refractivity contribution in [3.8, 4) is 21.9 Å². The molecule has 8 heteroatoms. The van der Waals surface area contributed by atoms with Crippen LogP contribution in [0.2, 0.25) is 0 Å². The van der Waals surface area contributed by atoms with Gasteiger partial charge in [0.2, 0.25) is 5.91 Å². The SMILES string of the molecule is Cc1cc(-c2cnn(CCNC(=O)C(C)Cc3cccs3)c2-c2cccs2)on1. The van der Waals surface area contributed by atoms with Crippen LogP contribution < -0.4 is 5.32 Å². The number of rotatable bonds is 8. The number of nitrogens with one attached hydrogen (secondary N) is 1. The molecule has 1 unspecified atom stereocenters. The summed E-state index contributed by atoms with van der Waals surface area (Å²) < 4.78 is 7.38. The first-order chi connectivity index (χ1) is 14.1. The molecule has 0 aromatic carbocycles. The Morgan fingerprint density at radius 1 is 1.28 bits per heavy atom. The maximum atomic E-state index is 12.4. The van der Waals surface area contributed by atoms with E-state index in [-0.39, 0.29) is 11.8 Å². The smallest absolute Gasteiger partial charge is 0.223 e. The van der Waals surface area contributed by atoms with Crippen molar-refractivity contribution >= 4 is 28.6 Å². The Labute approximate surface area is 177 Å². The number of thiophene rings is 2. The summed E-state index contributed by atoms with van der Waals surface area (Å²) in [6.45, 7) is 4.96. The fourth-order valence-corrected chi connectivity index (χ4v) is 4.80. The molecule has 0 saturated heterocycles. The van der Waals surface area contributed by atoms with Crippen molar-refractivity contribution < 1.29 is 9.32 Å². The monoisotopic (exact) mass is 426 g/mol. The maximum Gasteiger partial charge on any atom is 0.223 e. The van der Waals surface area contributed by atoms with Gasteiger partial charge in [-0.1, -0.05) is 24.2 Å². The number of aryl methyl sites for hydroxylation is 1. The van der Waals surface area contributed by atoms with Gasteiger partial charge in [0.15, 0.2) is 5.76 Å². The minimum atomic E-state index is -0.0595. The standard InChI is InChI=1S/C21H22N4O2S2/c1-14(11-16-5-3-9-28-16)21(26)22-7-8-25-20(19-6-4-10-29-19)17(13-23-25)18-12-15(2)24-27-18/h3-6,9-10,12-14H,7-8,11H2,1-2H3,(H,22,26). The second kappa shape index (κ2) is 8.75. The van der Waals surface area contributed by atoms with Gasteiger partial charge in [-0.15, -0.1) is 22.7 Å². The predicted octanol–water partition coefficient (Wildman–Crippen LogP) is 4.63. The Morgan fingerprint density at radius 3 is 2.79 bits per heavy atom. The molecular weight excluding hydrogens is 404 g/mol. The van der Waals surface area contributed by atoms with E-state index in [1.165, 1.54) is 4.88 Å². The van der Waals surface area contributed by atoms with Crippen LogP contribution in [0.15, 0.2) is 51.8 Å². The maximum absolute atomic E-state index is 12.4. The van der Waals surface area contributed by atoms with Crippen LogP contribution in [0.3, 0.4) is 0 Å². The Balaban J connectivity index is 1.45. The minimum absolute atomic E-state index is 0.0595. The van der Waals surface area contributed by atoms with E-state index in [2.05, 4.69) is 27.7 Å². The summed E-state index contributed by atoms with van der Waals surface area (Å²) in [5.74, 6) is 0.704. The van der Waals surface area contributed by atoms with Crippen molar-refractivity contribution in [1.29, 1.82) is 0 Å². The average Bonchev–Trinajstić information content (AvgIpc) is 3.48. The van der Waals surface area contributed by atoms with Crippen molar-refractivity contribution in [2.45, 2.75) is 26.8 Å². The van der Waals surface area contributed by atoms with Gasteiger partial charge in [0.1, 0.15) is 0 Å². The topological polar surface area (TPSA) is 73.0 Å². The highest BCUT2D eigenvalue weighted by atomic mass is 32.1. The van der Waals surface area contributed by atoms with Crippen molar-refractivity contribution in [1.82, 2.24) is 20.3 Å². The third-order valence-electron chi connectivity index (χ3n) is 4.65. The molecule has 150 valence electrons. The summed E-state index contributed by atoms with van der Waals surface area (Å²) >= 11 is 3.33. The highest BCUT2D eigenvalue weighted by Gasteiger charge is 2.19. The molecule has 1 atom stereocenters. The molecule has 1 N–H and O–H groups in total. The zero-order valence-corrected chi connectivity index (χ0v) is 17.9. The molecule has 0 fully saturated rings. The van der Waals surface area contributed by atoms with Crippen molar-refractivity contribution in [3.63, 3.8) is 0 Å². The molecule has 4 aromatic rings. The van der Waals surface area contributed by atoms with Crippen LogP contribution in [-0.4, -0.2) is 27.4 Å². The molecule has 0 saturated carbocycles. The average molecular weight is 427 g/mol. The number of amides is 1. The number of hydrogen-bond acceptors (Lipinski definition) is 6. The first kappa shape index (κ1) is 19.6. The van der Waals surface area contributed by atoms with E-state index in [1.54, 1.807) is 28.9 Å². The van der Waals surface area contributed by atoms with E-state index >= 15 is 0 Å². The Bertz CT molecular complexity index is 1060. The molecule has 4 rings (SSSR count). The lowest BCUT2D eigenvalue weighted by Crippen LogP contribution is -2.32. The lowest BCUT2D eigenvalue weighted by atomic mass is 10.1. The van der Waals surface area contributed by atoms with Crippen LogP contribution >= 0.6 is 22.7 Å². The van der Waals surface area contributed by atoms with Gasteiger partial charge in [-0.2, -0.15) is 5.10 Å². The Morgan fingerprint density at radius 2 is 2.10 bits per heavy atom. The van der Waals surface area contributed by atoms with Gasteiger partial charge >= 0.3 is 0 Å². The Hall–Kier alpha value is -2.71. The second-order valence-electron chi connectivity index (χ2n) is 6.92. The van der Waals surface area contributed by atoms with E-state index in [9.17, 15) is 4.79 Å². The normalized spacial score (nSPS) is 12.2. The molecule has 0 aliphatic rings. The summed E-state index contributed by atoms with van der Waals surface area (Å²) in [5, 5.41) is 15.7. The number of carbonyl (C=O) groups excluding carboxylic acids is 1. The molecular formula is C21H22N4O2S2. The van der Waals surface area contributed by atoms with Gasteiger partial charge in [0, 0.05) is 23.4 Å². The lowest BCUT2D eigenvalue weighted by molar-refractivity contribution is -0.124. The number of nitrogens with zero attached hydrogens (tertiary/aromatic N) is 3. The fourth-order valence-electron chi connectivity index (χ4n) is 3.18. The van der Waals surface area contributed by atoms with Gasteiger partial charge in [-0.05, 0) is 36.2 Å². The zero-order valence-electron chi connectivity index (χ0n) is 16.3. The van der Waals surface area contributed by atoms with E-state index in [0.29, 0.717) is 18.8 Å². The third-order valence-corrected chi connectivity index (χ3v) is 6.42. The zero-order chi connectivity index (χ0) is 20.2. The molecule has 0 spiro atoms. The van der Waals surface area contributed by atoms with Crippen molar-refractivity contribution in [3.05, 3.63) is 57.9 Å². The van der Waals surface area contributed by atoms with Crippen LogP contribution in [0, 0.1) is 12.8 Å². The molecule has 0 aliphatic heterocycles. The quantitative estimate of drug-likeness (QED) is 0.446. The predicted molar refractivity (Wildman–Crippen MR) is 116 cm³/mol. The van der Waals surface area contributed by atoms with E-state index < -0.39 is 0 Å². The molecule has 0 bridgehead atoms. The van der Waals surface area contributed by atoms with E-state index in [4.69, 9.17) is 4.52 Å². The molecule has 6 nitrogen and oxygen atoms in total. The lowest BCUT2D eigenvalue weighted by Gasteiger charge is -2.12. The molecule has 29 heavy (non-hydrogen) atoms. The summed E-state index contributed by atoms with van der Waals surface area (Å²) in [5.41, 5.74) is 2.72. The van der Waals surface area contributed by atoms with Gasteiger partial charge < -0.3 is 9.84 Å². The van der Waals surface area contributed by atoms with Crippen LogP contribution in [0.5, 0.6) is 0 Å². The third kappa shape index (κ3) is 4.49. The summed E-state index contributed by atoms with van der Waals surface area (Å²) in [6, 6.07) is 10.1. The van der Waals surface area contributed by atoms with Crippen LogP contribution in [0.1, 0.15) is 17.5 Å². The largest absolute Gasteiger partial charge is 0.356 e. The van der Waals surface area contributed by atoms with E-state index in [1.807, 2.05) is 47.5 Å². The highest BCUT2D eigenvalue weighted by molar-refractivity contribution is 7.13. The number of carbonyl (C=O) groups is 1. The summed E-state index contributed by atoms with van der Waals surface area (Å²) in [4.78, 5) is 14.8. The summed E-state index contributed by atoms with van der Waals surface area (Å²) in [7, 11) is 0. The Kier molecular flexibility index (Phi) is 5.92. The van der Waals surface area contributed by atoms with Gasteiger partial charge in [-0.3, -0.25) is 9.48 Å². The molecule has 0 radical (unpaired) electrons. The van der Waals surface area contributed by atoms with Gasteiger partial charge in [0.25, 0.3) is 0 Å². The van der Waals surface area contributed by atoms with Crippen LogP contribution in [-0.2, 0) is 17.8 Å². The van der Waals surface area contributed by atoms with E-state index in [0.717, 1.165) is 28.2 Å². The van der Waals surface area contributed by atoms with Gasteiger partial charge in [0.05, 0.1) is 34.6 Å². The first-order valence-corrected chi connectivity index (χ1v) is 11.2. The summed E-state index contributed by atoms with van der Waals surface area (Å²) in [6.07, 6.45) is 2.57. The highest BCUT2D eigenvalue weighted by Crippen LogP contribution is 2.34. The minimum Gasteiger partial charge on any atom is -0.356 e. The number of hydrogen-bond donors (Lipinski definition) is 1. The molecule has 4 aromatic heterocycles. The molecule has 4 heterocycles.